The van der Waals surface area contributed by atoms with Crippen LogP contribution < -0.4 is 10.2 Å². The third kappa shape index (κ3) is 3.46. The number of hydrogen-bond acceptors (Lipinski definition) is 2. The SMILES string of the molecule is O=C(CCl)Nc1ccc(C(=O)N2Cc3cccn3Cc3ccccc32)cc1. The van der Waals surface area contributed by atoms with E-state index >= 15 is 0 Å². The van der Waals surface area contributed by atoms with Crippen LogP contribution in [0.2, 0.25) is 0 Å². The Hall–Kier alpha value is -3.05. The number of alkyl halides is 1. The third-order valence-corrected chi connectivity index (χ3v) is 4.89. The van der Waals surface area contributed by atoms with Gasteiger partial charge in [0, 0.05) is 35.4 Å². The highest BCUT2D eigenvalue weighted by Gasteiger charge is 2.24. The fourth-order valence-electron chi connectivity index (χ4n) is 3.31. The van der Waals surface area contributed by atoms with Crippen LogP contribution in [0.15, 0.2) is 66.9 Å². The van der Waals surface area contributed by atoms with Crippen LogP contribution in [0.3, 0.4) is 0 Å². The Labute approximate surface area is 162 Å². The molecule has 0 saturated heterocycles. The van der Waals surface area contributed by atoms with Crippen molar-refractivity contribution in [2.24, 2.45) is 0 Å². The minimum absolute atomic E-state index is 0.0766. The molecule has 0 unspecified atom stereocenters. The smallest absolute Gasteiger partial charge is 0.258 e. The lowest BCUT2D eigenvalue weighted by Gasteiger charge is -2.23. The lowest BCUT2D eigenvalue weighted by molar-refractivity contribution is -0.113. The first-order valence-corrected chi connectivity index (χ1v) is 9.19. The molecule has 2 heterocycles. The highest BCUT2D eigenvalue weighted by Crippen LogP contribution is 2.29. The van der Waals surface area contributed by atoms with Gasteiger partial charge in [-0.1, -0.05) is 18.2 Å². The van der Waals surface area contributed by atoms with E-state index in [9.17, 15) is 9.59 Å². The zero-order chi connectivity index (χ0) is 18.8. The molecule has 1 aromatic heterocycles. The van der Waals surface area contributed by atoms with Gasteiger partial charge in [0.2, 0.25) is 5.91 Å². The average Bonchev–Trinajstić information content (AvgIpc) is 3.07. The molecule has 0 atom stereocenters. The Morgan fingerprint density at radius 1 is 0.963 bits per heavy atom. The Morgan fingerprint density at radius 2 is 1.74 bits per heavy atom. The van der Waals surface area contributed by atoms with Crippen LogP contribution in [-0.4, -0.2) is 22.3 Å². The van der Waals surface area contributed by atoms with Crippen molar-refractivity contribution in [1.29, 1.82) is 0 Å². The number of nitrogens with zero attached hydrogens (tertiary/aromatic N) is 2. The highest BCUT2D eigenvalue weighted by atomic mass is 35.5. The van der Waals surface area contributed by atoms with Crippen molar-refractivity contribution in [3.63, 3.8) is 0 Å². The van der Waals surface area contributed by atoms with Crippen molar-refractivity contribution in [1.82, 2.24) is 4.57 Å². The van der Waals surface area contributed by atoms with E-state index in [0.29, 0.717) is 17.8 Å². The van der Waals surface area contributed by atoms with Crippen LogP contribution in [0.25, 0.3) is 0 Å². The fraction of sp³-hybridized carbons (Fsp3) is 0.143. The fourth-order valence-corrected chi connectivity index (χ4v) is 3.38. The molecule has 1 N–H and O–H groups in total. The van der Waals surface area contributed by atoms with Gasteiger partial charge in [0.25, 0.3) is 5.91 Å². The van der Waals surface area contributed by atoms with E-state index in [1.807, 2.05) is 36.5 Å². The molecule has 0 spiro atoms. The molecule has 0 bridgehead atoms. The second-order valence-electron chi connectivity index (χ2n) is 6.41. The molecule has 3 aromatic rings. The van der Waals surface area contributed by atoms with Gasteiger partial charge in [-0.15, -0.1) is 11.6 Å². The number of amides is 2. The second-order valence-corrected chi connectivity index (χ2v) is 6.67. The Bertz CT molecular complexity index is 995. The van der Waals surface area contributed by atoms with Crippen LogP contribution in [0.1, 0.15) is 21.6 Å². The second kappa shape index (κ2) is 7.29. The number of benzene rings is 2. The van der Waals surface area contributed by atoms with E-state index in [2.05, 4.69) is 16.0 Å². The number of nitrogens with one attached hydrogen (secondary N) is 1. The molecule has 1 aliphatic rings. The molecular weight excluding hydrogens is 362 g/mol. The maximum atomic E-state index is 13.2. The molecule has 136 valence electrons. The summed E-state index contributed by atoms with van der Waals surface area (Å²) in [6.07, 6.45) is 2.04. The van der Waals surface area contributed by atoms with E-state index < -0.39 is 0 Å². The minimum atomic E-state index is -0.280. The minimum Gasteiger partial charge on any atom is -0.345 e. The lowest BCUT2D eigenvalue weighted by Crippen LogP contribution is -2.30. The first-order valence-electron chi connectivity index (χ1n) is 8.65. The van der Waals surface area contributed by atoms with E-state index in [1.54, 1.807) is 29.2 Å². The zero-order valence-corrected chi connectivity index (χ0v) is 15.3. The van der Waals surface area contributed by atoms with E-state index in [0.717, 1.165) is 23.5 Å². The van der Waals surface area contributed by atoms with Crippen molar-refractivity contribution < 1.29 is 9.59 Å². The van der Waals surface area contributed by atoms with Crippen molar-refractivity contribution in [2.75, 3.05) is 16.1 Å². The van der Waals surface area contributed by atoms with Crippen molar-refractivity contribution in [3.8, 4) is 0 Å². The van der Waals surface area contributed by atoms with Gasteiger partial charge in [-0.3, -0.25) is 9.59 Å². The monoisotopic (exact) mass is 379 g/mol. The highest BCUT2D eigenvalue weighted by molar-refractivity contribution is 6.29. The summed E-state index contributed by atoms with van der Waals surface area (Å²) in [5.74, 6) is -0.462. The molecule has 0 radical (unpaired) electrons. The first kappa shape index (κ1) is 17.4. The molecule has 0 aliphatic carbocycles. The summed E-state index contributed by atoms with van der Waals surface area (Å²) in [6, 6.07) is 18.9. The Morgan fingerprint density at radius 3 is 2.52 bits per heavy atom. The molecule has 2 amide bonds. The maximum Gasteiger partial charge on any atom is 0.258 e. The quantitative estimate of drug-likeness (QED) is 0.702. The van der Waals surface area contributed by atoms with Gasteiger partial charge < -0.3 is 14.8 Å². The van der Waals surface area contributed by atoms with Gasteiger partial charge in [-0.25, -0.2) is 0 Å². The molecule has 5 nitrogen and oxygen atoms in total. The number of rotatable bonds is 3. The third-order valence-electron chi connectivity index (χ3n) is 4.65. The predicted octanol–water partition coefficient (Wildman–Crippen LogP) is 3.87. The summed E-state index contributed by atoms with van der Waals surface area (Å²) in [4.78, 5) is 26.4. The van der Waals surface area contributed by atoms with Gasteiger partial charge >= 0.3 is 0 Å². The summed E-state index contributed by atoms with van der Waals surface area (Å²) < 4.78 is 2.16. The largest absolute Gasteiger partial charge is 0.345 e. The van der Waals surface area contributed by atoms with Crippen molar-refractivity contribution in [3.05, 3.63) is 83.7 Å². The predicted molar refractivity (Wildman–Crippen MR) is 106 cm³/mol. The van der Waals surface area contributed by atoms with E-state index in [1.165, 1.54) is 0 Å². The lowest BCUT2D eigenvalue weighted by atomic mass is 10.1. The first-order chi connectivity index (χ1) is 13.2. The molecule has 0 fully saturated rings. The van der Waals surface area contributed by atoms with Crippen molar-refractivity contribution >= 4 is 34.8 Å². The summed E-state index contributed by atoms with van der Waals surface area (Å²) in [6.45, 7) is 1.25. The molecule has 27 heavy (non-hydrogen) atoms. The average molecular weight is 380 g/mol. The molecule has 0 saturated carbocycles. The van der Waals surface area contributed by atoms with E-state index in [-0.39, 0.29) is 17.7 Å². The van der Waals surface area contributed by atoms with Crippen LogP contribution in [-0.2, 0) is 17.9 Å². The maximum absolute atomic E-state index is 13.2. The van der Waals surface area contributed by atoms with Gasteiger partial charge in [0.05, 0.1) is 6.54 Å². The number of carbonyl (C=O) groups excluding carboxylic acids is 2. The van der Waals surface area contributed by atoms with Gasteiger partial charge in [0.1, 0.15) is 5.88 Å². The number of hydrogen-bond donors (Lipinski definition) is 1. The Balaban J connectivity index is 1.65. The molecule has 6 heteroatoms. The summed E-state index contributed by atoms with van der Waals surface area (Å²) >= 11 is 5.51. The zero-order valence-electron chi connectivity index (χ0n) is 14.6. The van der Waals surface area contributed by atoms with Crippen LogP contribution in [0.4, 0.5) is 11.4 Å². The van der Waals surface area contributed by atoms with Crippen LogP contribution in [0.5, 0.6) is 0 Å². The summed E-state index contributed by atoms with van der Waals surface area (Å²) in [7, 11) is 0. The topological polar surface area (TPSA) is 54.3 Å². The summed E-state index contributed by atoms with van der Waals surface area (Å²) in [5, 5.41) is 2.67. The van der Waals surface area contributed by atoms with Crippen molar-refractivity contribution in [2.45, 2.75) is 13.1 Å². The number of halogens is 1. The van der Waals surface area contributed by atoms with Crippen LogP contribution in [0, 0.1) is 0 Å². The number of aromatic nitrogens is 1. The number of carbonyl (C=O) groups is 2. The van der Waals surface area contributed by atoms with Gasteiger partial charge in [-0.05, 0) is 48.0 Å². The number of fused-ring (bicyclic) bond motifs is 2. The standard InChI is InChI=1S/C21H18ClN3O2/c22-12-20(26)23-17-9-7-15(8-10-17)21(27)25-14-18-5-3-11-24(18)13-16-4-1-2-6-19(16)25/h1-11H,12-14H2,(H,23,26). The molecule has 4 rings (SSSR count). The van der Waals surface area contributed by atoms with Gasteiger partial charge in [-0.2, -0.15) is 0 Å². The van der Waals surface area contributed by atoms with Gasteiger partial charge in [0.15, 0.2) is 0 Å². The molecule has 2 aromatic carbocycles. The summed E-state index contributed by atoms with van der Waals surface area (Å²) in [5.41, 5.74) is 4.29. The van der Waals surface area contributed by atoms with Crippen LogP contribution >= 0.6 is 11.6 Å². The molecular formula is C21H18ClN3O2. The number of para-hydroxylation sites is 1. The molecule has 1 aliphatic heterocycles. The number of anilines is 2. The Kier molecular flexibility index (Phi) is 4.69. The van der Waals surface area contributed by atoms with E-state index in [4.69, 9.17) is 11.6 Å². The normalized spacial score (nSPS) is 12.7.